The van der Waals surface area contributed by atoms with Gasteiger partial charge in [0.25, 0.3) is 0 Å². The van der Waals surface area contributed by atoms with E-state index in [2.05, 4.69) is 28.7 Å². The summed E-state index contributed by atoms with van der Waals surface area (Å²) < 4.78 is 34.2. The molecule has 5 aromatic rings. The van der Waals surface area contributed by atoms with Gasteiger partial charge in [0.15, 0.2) is 0 Å². The Balaban J connectivity index is 1.12. The van der Waals surface area contributed by atoms with Gasteiger partial charge in [0, 0.05) is 23.1 Å². The summed E-state index contributed by atoms with van der Waals surface area (Å²) in [5.74, 6) is -0.270. The predicted octanol–water partition coefficient (Wildman–Crippen LogP) is 9.70. The van der Waals surface area contributed by atoms with Crippen LogP contribution in [0.3, 0.4) is 0 Å². The normalized spacial score (nSPS) is 10.9. The number of rotatable bonds is 25. The zero-order chi connectivity index (χ0) is 44.1. The van der Waals surface area contributed by atoms with Gasteiger partial charge in [-0.1, -0.05) is 42.7 Å². The first kappa shape index (κ1) is 46.3. The molecule has 0 atom stereocenters. The number of hydrogen-bond donors (Lipinski definition) is 1. The Morgan fingerprint density at radius 1 is 0.661 bits per heavy atom. The molecule has 0 amide bonds. The molecule has 0 bridgehead atoms. The number of esters is 4. The molecule has 1 aromatic heterocycles. The van der Waals surface area contributed by atoms with Crippen molar-refractivity contribution >= 4 is 56.8 Å². The number of ether oxygens (including phenoxy) is 6. The molecule has 4 aromatic carbocycles. The molecule has 0 radical (unpaired) electrons. The maximum Gasteiger partial charge on any atom is 0.343 e. The van der Waals surface area contributed by atoms with Crippen LogP contribution >= 0.6 is 11.3 Å². The number of carbonyl (C=O) groups is 4. The second-order valence-electron chi connectivity index (χ2n) is 14.2. The number of anilines is 1. The molecule has 324 valence electrons. The van der Waals surface area contributed by atoms with E-state index in [1.165, 1.54) is 11.3 Å². The van der Waals surface area contributed by atoms with Crippen molar-refractivity contribution in [3.63, 3.8) is 0 Å². The van der Waals surface area contributed by atoms with E-state index < -0.39 is 11.9 Å². The molecule has 0 fully saturated rings. The molecule has 62 heavy (non-hydrogen) atoms. The standard InChI is InChI=1S/C48H51N3O10S/c1-33(2)44(52)58-28-11-5-9-26-56-39-20-16-36(17-21-39)46(54)60-30-25-35-15-24-42(38(31-35)32-49-51-48-50-41-13-7-8-14-43(41)62-48)61-47(55)37-18-22-40(23-19-37)57-27-10-6-12-29-59-45(53)34(3)4/h7-8,13-24,31-32H,1,3,5-6,9-12,25-30H2,2,4H3,(H,50,51)/b49-32+. The lowest BCUT2D eigenvalue weighted by atomic mass is 10.1. The van der Waals surface area contributed by atoms with Crippen LogP contribution in [-0.4, -0.2) is 68.1 Å². The van der Waals surface area contributed by atoms with E-state index in [-0.39, 0.29) is 24.3 Å². The van der Waals surface area contributed by atoms with Gasteiger partial charge in [0.2, 0.25) is 5.13 Å². The molecule has 14 heteroatoms. The largest absolute Gasteiger partial charge is 0.494 e. The van der Waals surface area contributed by atoms with Crippen molar-refractivity contribution in [1.29, 1.82) is 0 Å². The van der Waals surface area contributed by atoms with Crippen LogP contribution in [0.2, 0.25) is 0 Å². The fourth-order valence-corrected chi connectivity index (χ4v) is 6.44. The number of carbonyl (C=O) groups excluding carboxylic acids is 4. The van der Waals surface area contributed by atoms with Gasteiger partial charge in [0.05, 0.1) is 60.6 Å². The smallest absolute Gasteiger partial charge is 0.343 e. The number of nitrogens with zero attached hydrogens (tertiary/aromatic N) is 2. The van der Waals surface area contributed by atoms with Crippen LogP contribution in [0.15, 0.2) is 120 Å². The number of aromatic nitrogens is 1. The van der Waals surface area contributed by atoms with Crippen molar-refractivity contribution in [2.75, 3.05) is 38.5 Å². The van der Waals surface area contributed by atoms with Gasteiger partial charge in [-0.05, 0) is 131 Å². The highest BCUT2D eigenvalue weighted by molar-refractivity contribution is 7.22. The number of hydrogen-bond acceptors (Lipinski definition) is 14. The molecule has 13 nitrogen and oxygen atoms in total. The Morgan fingerprint density at radius 2 is 1.23 bits per heavy atom. The van der Waals surface area contributed by atoms with Crippen LogP contribution in [0.5, 0.6) is 17.2 Å². The Kier molecular flexibility index (Phi) is 18.3. The van der Waals surface area contributed by atoms with Crippen molar-refractivity contribution < 1.29 is 47.6 Å². The minimum Gasteiger partial charge on any atom is -0.494 e. The van der Waals surface area contributed by atoms with Gasteiger partial charge in [-0.2, -0.15) is 5.10 Å². The Hall–Kier alpha value is -6.80. The quantitative estimate of drug-likeness (QED) is 0.0113. The van der Waals surface area contributed by atoms with Crippen molar-refractivity contribution in [2.45, 2.75) is 58.8 Å². The first-order valence-corrected chi connectivity index (χ1v) is 21.1. The topological polar surface area (TPSA) is 161 Å². The van der Waals surface area contributed by atoms with E-state index in [1.807, 2.05) is 30.3 Å². The highest BCUT2D eigenvalue weighted by Gasteiger charge is 2.14. The van der Waals surface area contributed by atoms with Gasteiger partial charge in [-0.3, -0.25) is 5.43 Å². The number of para-hydroxylation sites is 1. The summed E-state index contributed by atoms with van der Waals surface area (Å²) in [6.45, 7) is 12.1. The van der Waals surface area contributed by atoms with Crippen molar-refractivity contribution in [2.24, 2.45) is 5.10 Å². The summed E-state index contributed by atoms with van der Waals surface area (Å²) in [6, 6.07) is 26.5. The zero-order valence-electron chi connectivity index (χ0n) is 35.0. The monoisotopic (exact) mass is 861 g/mol. The van der Waals surface area contributed by atoms with Crippen LogP contribution in [0.1, 0.15) is 84.2 Å². The second kappa shape index (κ2) is 24.5. The predicted molar refractivity (Wildman–Crippen MR) is 239 cm³/mol. The number of benzene rings is 4. The summed E-state index contributed by atoms with van der Waals surface area (Å²) in [6.07, 6.45) is 6.63. The average Bonchev–Trinajstić information content (AvgIpc) is 3.69. The first-order chi connectivity index (χ1) is 30.0. The van der Waals surface area contributed by atoms with Crippen LogP contribution in [-0.2, 0) is 30.2 Å². The van der Waals surface area contributed by atoms with E-state index in [9.17, 15) is 19.2 Å². The first-order valence-electron chi connectivity index (χ1n) is 20.3. The van der Waals surface area contributed by atoms with E-state index in [1.54, 1.807) is 80.7 Å². The zero-order valence-corrected chi connectivity index (χ0v) is 35.8. The van der Waals surface area contributed by atoms with Crippen molar-refractivity contribution in [3.05, 3.63) is 138 Å². The van der Waals surface area contributed by atoms with E-state index in [0.29, 0.717) is 77.3 Å². The Labute approximate surface area is 365 Å². The van der Waals surface area contributed by atoms with Crippen LogP contribution in [0.4, 0.5) is 5.13 Å². The number of thiazole rings is 1. The molecule has 0 aliphatic heterocycles. The highest BCUT2D eigenvalue weighted by atomic mass is 32.1. The molecule has 1 heterocycles. The van der Waals surface area contributed by atoms with Crippen LogP contribution < -0.4 is 19.6 Å². The lowest BCUT2D eigenvalue weighted by Crippen LogP contribution is -2.11. The molecular formula is C48H51N3O10S. The van der Waals surface area contributed by atoms with Gasteiger partial charge in [0.1, 0.15) is 17.2 Å². The van der Waals surface area contributed by atoms with Gasteiger partial charge in [-0.25, -0.2) is 24.2 Å². The van der Waals surface area contributed by atoms with Gasteiger partial charge >= 0.3 is 23.9 Å². The number of hydrazone groups is 1. The molecule has 0 spiro atoms. The fourth-order valence-electron chi connectivity index (χ4n) is 5.62. The lowest BCUT2D eigenvalue weighted by molar-refractivity contribution is -0.139. The van der Waals surface area contributed by atoms with Crippen LogP contribution in [0, 0.1) is 0 Å². The lowest BCUT2D eigenvalue weighted by Gasteiger charge is -2.11. The molecule has 0 aliphatic rings. The Bertz CT molecular complexity index is 2300. The minimum absolute atomic E-state index is 0.109. The molecule has 0 aliphatic carbocycles. The summed E-state index contributed by atoms with van der Waals surface area (Å²) in [5, 5.41) is 5.00. The summed E-state index contributed by atoms with van der Waals surface area (Å²) in [4.78, 5) is 53.6. The van der Waals surface area contributed by atoms with Crippen molar-refractivity contribution in [1.82, 2.24) is 4.98 Å². The SMILES string of the molecule is C=C(C)C(=O)OCCCCCOc1ccc(C(=O)OCCc2ccc(OC(=O)c3ccc(OCCCCCOC(=O)C(=C)C)cc3)c(/C=N/Nc3nc4ccccc4s3)c2)cc1. The Morgan fingerprint density at radius 3 is 1.81 bits per heavy atom. The third kappa shape index (κ3) is 15.3. The van der Waals surface area contributed by atoms with E-state index in [0.717, 1.165) is 54.3 Å². The third-order valence-corrected chi connectivity index (χ3v) is 9.96. The number of nitrogens with one attached hydrogen (secondary N) is 1. The van der Waals surface area contributed by atoms with Crippen molar-refractivity contribution in [3.8, 4) is 17.2 Å². The molecule has 0 unspecified atom stereocenters. The molecular weight excluding hydrogens is 811 g/mol. The van der Waals surface area contributed by atoms with Gasteiger partial charge < -0.3 is 28.4 Å². The molecule has 0 saturated heterocycles. The third-order valence-electron chi connectivity index (χ3n) is 9.02. The second-order valence-corrected chi connectivity index (χ2v) is 15.2. The molecule has 0 saturated carbocycles. The van der Waals surface area contributed by atoms with E-state index >= 15 is 0 Å². The minimum atomic E-state index is -0.563. The molecule has 1 N–H and O–H groups in total. The number of unbranched alkanes of at least 4 members (excludes halogenated alkanes) is 4. The molecule has 5 rings (SSSR count). The fraction of sp³-hybridized carbons (Fsp3) is 0.292. The summed E-state index contributed by atoms with van der Waals surface area (Å²) in [5.41, 5.74) is 6.65. The summed E-state index contributed by atoms with van der Waals surface area (Å²) >= 11 is 1.46. The van der Waals surface area contributed by atoms with Gasteiger partial charge in [-0.15, -0.1) is 0 Å². The summed E-state index contributed by atoms with van der Waals surface area (Å²) in [7, 11) is 0. The maximum absolute atomic E-state index is 13.3. The maximum atomic E-state index is 13.3. The average molecular weight is 862 g/mol. The van der Waals surface area contributed by atoms with E-state index in [4.69, 9.17) is 28.4 Å². The number of fused-ring (bicyclic) bond motifs is 1. The highest BCUT2D eigenvalue weighted by Crippen LogP contribution is 2.26. The van der Waals surface area contributed by atoms with Crippen LogP contribution in [0.25, 0.3) is 10.2 Å².